The van der Waals surface area contributed by atoms with Gasteiger partial charge in [-0.25, -0.2) is 0 Å². The van der Waals surface area contributed by atoms with Gasteiger partial charge in [0.05, 0.1) is 0 Å². The molecular weight excluding hydrogens is 273 g/mol. The van der Waals surface area contributed by atoms with Crippen molar-refractivity contribution in [2.24, 2.45) is 0 Å². The average molecular weight is 285 g/mol. The Morgan fingerprint density at radius 1 is 0.619 bits per heavy atom. The zero-order valence-corrected chi connectivity index (χ0v) is 11.0. The molecule has 0 aromatic heterocycles. The van der Waals surface area contributed by atoms with Crippen molar-refractivity contribution in [3.63, 3.8) is 0 Å². The molecule has 105 valence electrons. The van der Waals surface area contributed by atoms with Crippen molar-refractivity contribution in [3.8, 4) is 11.5 Å². The molecule has 0 aliphatic rings. The van der Waals surface area contributed by atoms with Gasteiger partial charge in [-0.1, -0.05) is 24.3 Å². The molecule has 0 heterocycles. The molecule has 0 amide bonds. The van der Waals surface area contributed by atoms with Crippen LogP contribution in [0.1, 0.15) is 0 Å². The van der Waals surface area contributed by atoms with Crippen molar-refractivity contribution < 1.29 is 29.4 Å². The van der Waals surface area contributed by atoms with Crippen LogP contribution in [0.4, 0.5) is 0 Å². The van der Waals surface area contributed by atoms with Crippen LogP contribution in [0.3, 0.4) is 0 Å². The van der Waals surface area contributed by atoms with E-state index < -0.39 is 14.2 Å². The molecule has 6 nitrogen and oxygen atoms in total. The SMILES string of the molecule is OB(O)c1ccc(O[B]Oc2ccc(B(O)O)cc2)cc1. The summed E-state index contributed by atoms with van der Waals surface area (Å²) < 4.78 is 10.4. The van der Waals surface area contributed by atoms with Crippen LogP contribution >= 0.6 is 0 Å². The van der Waals surface area contributed by atoms with E-state index in [9.17, 15) is 0 Å². The van der Waals surface area contributed by atoms with Crippen molar-refractivity contribution in [3.05, 3.63) is 48.5 Å². The second-order valence-corrected chi connectivity index (χ2v) is 4.22. The first-order chi connectivity index (χ1) is 10.1. The summed E-state index contributed by atoms with van der Waals surface area (Å²) in [6.07, 6.45) is 0. The van der Waals surface area contributed by atoms with E-state index in [1.807, 2.05) is 0 Å². The van der Waals surface area contributed by atoms with Gasteiger partial charge in [-0.15, -0.1) is 0 Å². The van der Waals surface area contributed by atoms with Crippen LogP contribution in [0.2, 0.25) is 0 Å². The maximum absolute atomic E-state index is 8.95. The molecule has 2 aromatic rings. The Kier molecular flexibility index (Phi) is 5.29. The molecule has 21 heavy (non-hydrogen) atoms. The Bertz CT molecular complexity index is 507. The van der Waals surface area contributed by atoms with Crippen LogP contribution in [-0.4, -0.2) is 42.0 Å². The molecule has 9 heteroatoms. The van der Waals surface area contributed by atoms with Crippen molar-refractivity contribution >= 4 is 32.8 Å². The summed E-state index contributed by atoms with van der Waals surface area (Å²) in [4.78, 5) is 0. The summed E-state index contributed by atoms with van der Waals surface area (Å²) in [6.45, 7) is 0. The molecule has 0 aliphatic heterocycles. The monoisotopic (exact) mass is 285 g/mol. The molecule has 0 spiro atoms. The Morgan fingerprint density at radius 2 is 0.952 bits per heavy atom. The van der Waals surface area contributed by atoms with Gasteiger partial charge in [0.15, 0.2) is 0 Å². The molecule has 0 atom stereocenters. The van der Waals surface area contributed by atoms with Crippen LogP contribution in [0.25, 0.3) is 0 Å². The highest BCUT2D eigenvalue weighted by Crippen LogP contribution is 2.10. The van der Waals surface area contributed by atoms with E-state index in [2.05, 4.69) is 0 Å². The third-order valence-electron chi connectivity index (χ3n) is 2.72. The molecule has 4 N–H and O–H groups in total. The predicted octanol–water partition coefficient (Wildman–Crippen LogP) is -1.96. The zero-order chi connectivity index (χ0) is 15.2. The minimum absolute atomic E-state index is 0.362. The fourth-order valence-corrected chi connectivity index (χ4v) is 1.57. The van der Waals surface area contributed by atoms with E-state index in [0.717, 1.165) is 7.69 Å². The first-order valence-electron chi connectivity index (χ1n) is 6.13. The van der Waals surface area contributed by atoms with Crippen LogP contribution in [0.5, 0.6) is 11.5 Å². The standard InChI is InChI=1S/C12H12B3O6/c16-14(17)9-1-5-11(6-2-9)20-13-21-12-7-3-10(4-8-12)15(18)19/h1-8,16-19H. The van der Waals surface area contributed by atoms with Gasteiger partial charge in [-0.2, -0.15) is 0 Å². The molecule has 0 unspecified atom stereocenters. The van der Waals surface area contributed by atoms with Gasteiger partial charge in [0.2, 0.25) is 0 Å². The summed E-state index contributed by atoms with van der Waals surface area (Å²) >= 11 is 0. The Morgan fingerprint density at radius 3 is 1.24 bits per heavy atom. The van der Waals surface area contributed by atoms with E-state index in [-0.39, 0.29) is 0 Å². The minimum atomic E-state index is -1.51. The topological polar surface area (TPSA) is 99.4 Å². The van der Waals surface area contributed by atoms with Gasteiger partial charge in [-0.05, 0) is 35.2 Å². The third-order valence-corrected chi connectivity index (χ3v) is 2.72. The van der Waals surface area contributed by atoms with Gasteiger partial charge in [-0.3, -0.25) is 0 Å². The molecule has 2 aromatic carbocycles. The van der Waals surface area contributed by atoms with E-state index >= 15 is 0 Å². The van der Waals surface area contributed by atoms with Gasteiger partial charge >= 0.3 is 21.9 Å². The number of benzene rings is 2. The van der Waals surface area contributed by atoms with Crippen LogP contribution < -0.4 is 20.2 Å². The first kappa shape index (κ1) is 15.5. The maximum atomic E-state index is 8.95. The van der Waals surface area contributed by atoms with Crippen molar-refractivity contribution in [2.45, 2.75) is 0 Å². The van der Waals surface area contributed by atoms with Gasteiger partial charge in [0.1, 0.15) is 11.5 Å². The molecule has 0 aliphatic carbocycles. The zero-order valence-electron chi connectivity index (χ0n) is 11.0. The Balaban J connectivity index is 1.83. The average Bonchev–Trinajstić information content (AvgIpc) is 2.48. The Hall–Kier alpha value is -1.93. The smallest absolute Gasteiger partial charge is 0.526 e. The molecular formula is C12H12B3O6. The summed E-state index contributed by atoms with van der Waals surface area (Å²) in [7, 11) is -1.91. The molecule has 0 saturated heterocycles. The minimum Gasteiger partial charge on any atom is -0.526 e. The molecule has 2 rings (SSSR count). The molecule has 0 fully saturated rings. The highest BCUT2D eigenvalue weighted by molar-refractivity contribution is 6.58. The lowest BCUT2D eigenvalue weighted by Gasteiger charge is -2.08. The van der Waals surface area contributed by atoms with Crippen molar-refractivity contribution in [2.75, 3.05) is 0 Å². The maximum Gasteiger partial charge on any atom is 0.658 e. The highest BCUT2D eigenvalue weighted by Gasteiger charge is 2.11. The van der Waals surface area contributed by atoms with Gasteiger partial charge < -0.3 is 29.4 Å². The molecule has 0 saturated carbocycles. The largest absolute Gasteiger partial charge is 0.658 e. The lowest BCUT2D eigenvalue weighted by molar-refractivity contribution is 0.424. The van der Waals surface area contributed by atoms with Gasteiger partial charge in [0.25, 0.3) is 0 Å². The summed E-state index contributed by atoms with van der Waals surface area (Å²) in [5.41, 5.74) is 0.725. The fourth-order valence-electron chi connectivity index (χ4n) is 1.57. The summed E-state index contributed by atoms with van der Waals surface area (Å²) in [5.74, 6) is 0.948. The van der Waals surface area contributed by atoms with E-state index in [0.29, 0.717) is 22.4 Å². The van der Waals surface area contributed by atoms with Crippen LogP contribution in [0, 0.1) is 0 Å². The third kappa shape index (κ3) is 4.54. The lowest BCUT2D eigenvalue weighted by Crippen LogP contribution is -2.29. The van der Waals surface area contributed by atoms with Crippen LogP contribution in [-0.2, 0) is 0 Å². The van der Waals surface area contributed by atoms with Crippen molar-refractivity contribution in [1.82, 2.24) is 0 Å². The van der Waals surface area contributed by atoms with Crippen molar-refractivity contribution in [1.29, 1.82) is 0 Å². The summed E-state index contributed by atoms with van der Waals surface area (Å²) in [6, 6.07) is 12.4. The molecule has 1 radical (unpaired) electrons. The van der Waals surface area contributed by atoms with E-state index in [4.69, 9.17) is 29.4 Å². The second-order valence-electron chi connectivity index (χ2n) is 4.22. The first-order valence-corrected chi connectivity index (χ1v) is 6.13. The fraction of sp³-hybridized carbons (Fsp3) is 0. The quantitative estimate of drug-likeness (QED) is 0.460. The van der Waals surface area contributed by atoms with Crippen LogP contribution in [0.15, 0.2) is 48.5 Å². The Labute approximate surface area is 123 Å². The number of hydrogen-bond acceptors (Lipinski definition) is 6. The number of hydrogen-bond donors (Lipinski definition) is 4. The normalized spacial score (nSPS) is 9.90. The van der Waals surface area contributed by atoms with E-state index in [1.165, 1.54) is 24.3 Å². The van der Waals surface area contributed by atoms with Gasteiger partial charge in [0, 0.05) is 0 Å². The second kappa shape index (κ2) is 7.19. The number of rotatable bonds is 6. The lowest BCUT2D eigenvalue weighted by atomic mass is 9.80. The highest BCUT2D eigenvalue weighted by atomic mass is 16.6. The van der Waals surface area contributed by atoms with E-state index in [1.54, 1.807) is 24.3 Å². The molecule has 0 bridgehead atoms. The summed E-state index contributed by atoms with van der Waals surface area (Å²) in [5, 5.41) is 35.8. The predicted molar refractivity (Wildman–Crippen MR) is 79.5 cm³/mol.